The molecular formula is C12H11FN2O5S. The molecule has 1 unspecified atom stereocenters. The second-order valence-electron chi connectivity index (χ2n) is 4.38. The molecule has 1 saturated heterocycles. The Hall–Kier alpha value is -2.16. The number of hydrogen-bond acceptors (Lipinski definition) is 5. The van der Waals surface area contributed by atoms with Crippen molar-refractivity contribution < 1.29 is 24.0 Å². The number of thioether (sulfide) groups is 1. The summed E-state index contributed by atoms with van der Waals surface area (Å²) in [6.07, 6.45) is 0. The third-order valence-corrected chi connectivity index (χ3v) is 4.04. The molecule has 2 rings (SSSR count). The number of non-ortho nitro benzene ring substituents is 1. The molecule has 0 bridgehead atoms. The van der Waals surface area contributed by atoms with Crippen molar-refractivity contribution in [2.75, 3.05) is 18.1 Å². The maximum absolute atomic E-state index is 13.4. The molecule has 112 valence electrons. The van der Waals surface area contributed by atoms with Crippen LogP contribution in [0.3, 0.4) is 0 Å². The van der Waals surface area contributed by atoms with Crippen molar-refractivity contribution in [1.29, 1.82) is 0 Å². The number of amides is 1. The minimum absolute atomic E-state index is 0.199. The molecule has 1 N–H and O–H groups in total. The van der Waals surface area contributed by atoms with Crippen molar-refractivity contribution >= 4 is 29.3 Å². The molecule has 0 aliphatic carbocycles. The fourth-order valence-corrected chi connectivity index (χ4v) is 3.06. The summed E-state index contributed by atoms with van der Waals surface area (Å²) in [4.78, 5) is 34.5. The number of nitro groups is 1. The minimum atomic E-state index is -1.15. The van der Waals surface area contributed by atoms with E-state index < -0.39 is 34.3 Å². The summed E-state index contributed by atoms with van der Waals surface area (Å²) >= 11 is 1.40. The van der Waals surface area contributed by atoms with E-state index in [1.807, 2.05) is 0 Å². The van der Waals surface area contributed by atoms with Crippen LogP contribution < -0.4 is 0 Å². The first-order valence-corrected chi connectivity index (χ1v) is 7.12. The maximum Gasteiger partial charge on any atom is 0.327 e. The van der Waals surface area contributed by atoms with Gasteiger partial charge in [-0.15, -0.1) is 0 Å². The van der Waals surface area contributed by atoms with Gasteiger partial charge < -0.3 is 10.0 Å². The largest absolute Gasteiger partial charge is 0.480 e. The number of carboxylic acid groups (broad SMARTS) is 1. The van der Waals surface area contributed by atoms with E-state index in [0.717, 1.165) is 17.0 Å². The van der Waals surface area contributed by atoms with E-state index in [4.69, 9.17) is 5.11 Å². The number of aliphatic carboxylic acids is 1. The van der Waals surface area contributed by atoms with Crippen molar-refractivity contribution in [3.8, 4) is 0 Å². The van der Waals surface area contributed by atoms with Gasteiger partial charge in [0.2, 0.25) is 0 Å². The molecule has 1 aromatic carbocycles. The fraction of sp³-hybridized carbons (Fsp3) is 0.333. The van der Waals surface area contributed by atoms with E-state index in [2.05, 4.69) is 0 Å². The number of halogens is 1. The second kappa shape index (κ2) is 6.08. The van der Waals surface area contributed by atoms with Crippen LogP contribution in [0.15, 0.2) is 18.2 Å². The molecule has 1 atom stereocenters. The van der Waals surface area contributed by atoms with E-state index >= 15 is 0 Å². The van der Waals surface area contributed by atoms with Gasteiger partial charge in [-0.1, -0.05) is 0 Å². The molecule has 1 aromatic rings. The lowest BCUT2D eigenvalue weighted by molar-refractivity contribution is -0.385. The molecule has 9 heteroatoms. The summed E-state index contributed by atoms with van der Waals surface area (Å²) < 4.78 is 13.4. The molecule has 1 fully saturated rings. The first kappa shape index (κ1) is 15.2. The third-order valence-electron chi connectivity index (χ3n) is 3.01. The molecule has 7 nitrogen and oxygen atoms in total. The van der Waals surface area contributed by atoms with Gasteiger partial charge in [-0.25, -0.2) is 9.18 Å². The number of nitrogens with zero attached hydrogens (tertiary/aromatic N) is 2. The Morgan fingerprint density at radius 3 is 2.76 bits per heavy atom. The van der Waals surface area contributed by atoms with Crippen LogP contribution in [0.5, 0.6) is 0 Å². The molecule has 1 heterocycles. The Kier molecular flexibility index (Phi) is 4.41. The topological polar surface area (TPSA) is 101 Å². The smallest absolute Gasteiger partial charge is 0.327 e. The average molecular weight is 314 g/mol. The summed E-state index contributed by atoms with van der Waals surface area (Å²) in [7, 11) is 0. The zero-order valence-corrected chi connectivity index (χ0v) is 11.5. The van der Waals surface area contributed by atoms with E-state index in [1.54, 1.807) is 0 Å². The summed E-state index contributed by atoms with van der Waals surface area (Å²) in [6.45, 7) is 0.199. The molecule has 0 aromatic heterocycles. The zero-order chi connectivity index (χ0) is 15.6. The monoisotopic (exact) mass is 314 g/mol. The normalized spacial score (nSPS) is 18.3. The quantitative estimate of drug-likeness (QED) is 0.668. The zero-order valence-electron chi connectivity index (χ0n) is 10.7. The molecule has 0 saturated carbocycles. The Morgan fingerprint density at radius 1 is 1.43 bits per heavy atom. The van der Waals surface area contributed by atoms with E-state index in [1.165, 1.54) is 11.8 Å². The van der Waals surface area contributed by atoms with Crippen LogP contribution in [-0.4, -0.2) is 50.9 Å². The first-order valence-electron chi connectivity index (χ1n) is 5.96. The lowest BCUT2D eigenvalue weighted by Gasteiger charge is -2.32. The predicted octanol–water partition coefficient (Wildman–Crippen LogP) is 1.38. The van der Waals surface area contributed by atoms with E-state index in [0.29, 0.717) is 11.8 Å². The van der Waals surface area contributed by atoms with Crippen LogP contribution in [0.4, 0.5) is 10.1 Å². The SMILES string of the molecule is O=C(O)C1CSCCN1C(=O)c1cc(F)cc([N+](=O)[O-])c1. The van der Waals surface area contributed by atoms with Gasteiger partial charge in [0.25, 0.3) is 11.6 Å². The maximum atomic E-state index is 13.4. The summed E-state index contributed by atoms with van der Waals surface area (Å²) in [5.74, 6) is -1.98. The van der Waals surface area contributed by atoms with Gasteiger partial charge in [0.05, 0.1) is 11.0 Å². The molecule has 0 spiro atoms. The lowest BCUT2D eigenvalue weighted by Crippen LogP contribution is -2.50. The van der Waals surface area contributed by atoms with Crippen LogP contribution in [0.1, 0.15) is 10.4 Å². The van der Waals surface area contributed by atoms with Gasteiger partial charge in [-0.05, 0) is 6.07 Å². The Bertz CT molecular complexity index is 609. The molecule has 0 radical (unpaired) electrons. The van der Waals surface area contributed by atoms with Crippen molar-refractivity contribution in [1.82, 2.24) is 4.90 Å². The Balaban J connectivity index is 2.34. The van der Waals surface area contributed by atoms with Gasteiger partial charge >= 0.3 is 5.97 Å². The van der Waals surface area contributed by atoms with Gasteiger partial charge in [-0.3, -0.25) is 14.9 Å². The van der Waals surface area contributed by atoms with Crippen molar-refractivity contribution in [2.45, 2.75) is 6.04 Å². The van der Waals surface area contributed by atoms with E-state index in [-0.39, 0.29) is 17.9 Å². The van der Waals surface area contributed by atoms with Crippen molar-refractivity contribution in [3.05, 3.63) is 39.7 Å². The van der Waals surface area contributed by atoms with Crippen molar-refractivity contribution in [2.24, 2.45) is 0 Å². The number of carbonyl (C=O) groups excluding carboxylic acids is 1. The molecule has 1 aliphatic heterocycles. The average Bonchev–Trinajstić information content (AvgIpc) is 2.45. The highest BCUT2D eigenvalue weighted by atomic mass is 32.2. The van der Waals surface area contributed by atoms with Crippen LogP contribution in [-0.2, 0) is 4.79 Å². The fourth-order valence-electron chi connectivity index (χ4n) is 2.02. The summed E-state index contributed by atoms with van der Waals surface area (Å²) in [5, 5.41) is 19.8. The molecular weight excluding hydrogens is 303 g/mol. The molecule has 21 heavy (non-hydrogen) atoms. The number of rotatable bonds is 3. The highest BCUT2D eigenvalue weighted by Gasteiger charge is 2.33. The highest BCUT2D eigenvalue weighted by molar-refractivity contribution is 7.99. The van der Waals surface area contributed by atoms with E-state index in [9.17, 15) is 24.1 Å². The van der Waals surface area contributed by atoms with Crippen molar-refractivity contribution in [3.63, 3.8) is 0 Å². The third kappa shape index (κ3) is 3.30. The number of benzene rings is 1. The number of nitro benzene ring substituents is 1. The number of carbonyl (C=O) groups is 2. The Morgan fingerprint density at radius 2 is 2.14 bits per heavy atom. The van der Waals surface area contributed by atoms with Crippen LogP contribution in [0.25, 0.3) is 0 Å². The lowest BCUT2D eigenvalue weighted by atomic mass is 10.1. The van der Waals surface area contributed by atoms with Crippen LogP contribution >= 0.6 is 11.8 Å². The standard InChI is InChI=1S/C12H11FN2O5S/c13-8-3-7(4-9(5-8)15(19)20)11(16)14-1-2-21-6-10(14)12(17)18/h3-5,10H,1-2,6H2,(H,17,18). The predicted molar refractivity (Wildman–Crippen MR) is 72.8 cm³/mol. The van der Waals surface area contributed by atoms with Crippen LogP contribution in [0.2, 0.25) is 0 Å². The second-order valence-corrected chi connectivity index (χ2v) is 5.53. The minimum Gasteiger partial charge on any atom is -0.480 e. The van der Waals surface area contributed by atoms with Gasteiger partial charge in [0.15, 0.2) is 0 Å². The summed E-state index contributed by atoms with van der Waals surface area (Å²) in [5.41, 5.74) is -0.767. The Labute approximate surface area is 122 Å². The highest BCUT2D eigenvalue weighted by Crippen LogP contribution is 2.22. The molecule has 1 amide bonds. The summed E-state index contributed by atoms with van der Waals surface area (Å²) in [6, 6.07) is 1.51. The number of carboxylic acids is 1. The van der Waals surface area contributed by atoms with Crippen LogP contribution in [0, 0.1) is 15.9 Å². The number of hydrogen-bond donors (Lipinski definition) is 1. The molecule has 1 aliphatic rings. The van der Waals surface area contributed by atoms with Gasteiger partial charge in [0, 0.05) is 29.7 Å². The van der Waals surface area contributed by atoms with Gasteiger partial charge in [-0.2, -0.15) is 11.8 Å². The van der Waals surface area contributed by atoms with Gasteiger partial charge in [0.1, 0.15) is 11.9 Å². The first-order chi connectivity index (χ1) is 9.90.